The van der Waals surface area contributed by atoms with Crippen LogP contribution in [0.1, 0.15) is 88.5 Å². The van der Waals surface area contributed by atoms with Gasteiger partial charge in [0.25, 0.3) is 0 Å². The zero-order valence-corrected chi connectivity index (χ0v) is 33.3. The number of esters is 1. The van der Waals surface area contributed by atoms with Gasteiger partial charge in [-0.15, -0.1) is 0 Å². The van der Waals surface area contributed by atoms with Gasteiger partial charge in [-0.25, -0.2) is 0 Å². The molecule has 3 fully saturated rings. The monoisotopic (exact) mass is 749 g/mol. The predicted molar refractivity (Wildman–Crippen MR) is 188 cm³/mol. The minimum absolute atomic E-state index is 0.0637. The lowest BCUT2D eigenvalue weighted by Crippen LogP contribution is -2.64. The van der Waals surface area contributed by atoms with Crippen molar-refractivity contribution in [2.24, 2.45) is 23.7 Å². The van der Waals surface area contributed by atoms with E-state index >= 15 is 0 Å². The number of methoxy groups -OCH3 is 1. The summed E-state index contributed by atoms with van der Waals surface area (Å²) >= 11 is 0. The van der Waals surface area contributed by atoms with Crippen molar-refractivity contribution in [1.29, 1.82) is 0 Å². The normalized spacial score (nSPS) is 50.5. The summed E-state index contributed by atoms with van der Waals surface area (Å²) in [6, 6.07) is -0.801. The Hall–Kier alpha value is -1.34. The average molecular weight is 750 g/mol. The first-order valence-corrected chi connectivity index (χ1v) is 18.6. The number of aliphatic hydroxyl groups excluding tert-OH is 4. The summed E-state index contributed by atoms with van der Waals surface area (Å²) in [7, 11) is 4.86. The van der Waals surface area contributed by atoms with Crippen LogP contribution in [-0.4, -0.2) is 159 Å². The Bertz CT molecular complexity index is 1200. The second kappa shape index (κ2) is 17.2. The Morgan fingerprint density at radius 2 is 1.42 bits per heavy atom. The largest absolute Gasteiger partial charge is 0.459 e. The van der Waals surface area contributed by atoms with Crippen molar-refractivity contribution in [3.8, 4) is 0 Å². The van der Waals surface area contributed by atoms with Gasteiger partial charge in [0.1, 0.15) is 29.7 Å². The fourth-order valence-electron chi connectivity index (χ4n) is 8.49. The Morgan fingerprint density at radius 3 is 1.96 bits per heavy atom. The quantitative estimate of drug-likeness (QED) is 0.198. The van der Waals surface area contributed by atoms with Gasteiger partial charge < -0.3 is 64.0 Å². The molecule has 0 aromatic carbocycles. The molecule has 3 heterocycles. The lowest BCUT2D eigenvalue weighted by atomic mass is 9.74. The molecular formula is C37H67NO14. The van der Waals surface area contributed by atoms with Crippen LogP contribution in [0.5, 0.6) is 0 Å². The number of carbonyl (C=O) groups excluding carboxylic acids is 2. The molecule has 3 aliphatic heterocycles. The highest BCUT2D eigenvalue weighted by Gasteiger charge is 2.54. The molecule has 52 heavy (non-hydrogen) atoms. The zero-order chi connectivity index (χ0) is 39.8. The molecule has 0 aromatic rings. The van der Waals surface area contributed by atoms with E-state index in [2.05, 4.69) is 0 Å². The first kappa shape index (κ1) is 45.1. The molecule has 6 N–H and O–H groups in total. The maximum absolute atomic E-state index is 14.1. The number of aliphatic hydroxyl groups is 6. The number of rotatable bonds is 7. The third-order valence-electron chi connectivity index (χ3n) is 12.0. The van der Waals surface area contributed by atoms with Gasteiger partial charge in [-0.2, -0.15) is 0 Å². The van der Waals surface area contributed by atoms with Crippen LogP contribution < -0.4 is 0 Å². The first-order valence-electron chi connectivity index (χ1n) is 18.6. The fourth-order valence-corrected chi connectivity index (χ4v) is 8.49. The van der Waals surface area contributed by atoms with E-state index in [9.17, 15) is 40.2 Å². The van der Waals surface area contributed by atoms with E-state index in [-0.39, 0.29) is 19.3 Å². The average Bonchev–Trinajstić information content (AvgIpc) is 3.06. The summed E-state index contributed by atoms with van der Waals surface area (Å²) in [6.45, 7) is 15.8. The molecule has 0 radical (unpaired) electrons. The predicted octanol–water partition coefficient (Wildman–Crippen LogP) is 0.756. The summed E-state index contributed by atoms with van der Waals surface area (Å²) in [5.41, 5.74) is -4.96. The van der Waals surface area contributed by atoms with Gasteiger partial charge >= 0.3 is 5.97 Å². The van der Waals surface area contributed by atoms with Crippen LogP contribution in [0.4, 0.5) is 0 Å². The molecule has 0 aromatic heterocycles. The maximum atomic E-state index is 14.1. The lowest BCUT2D eigenvalue weighted by molar-refractivity contribution is -0.327. The number of ether oxygens (including phenoxy) is 6. The van der Waals surface area contributed by atoms with E-state index < -0.39 is 126 Å². The van der Waals surface area contributed by atoms with E-state index in [1.165, 1.54) is 27.9 Å². The minimum atomic E-state index is -2.02. The first-order chi connectivity index (χ1) is 23.9. The molecule has 3 saturated heterocycles. The van der Waals surface area contributed by atoms with Crippen LogP contribution in [0.25, 0.3) is 0 Å². The molecule has 15 heteroatoms. The van der Waals surface area contributed by atoms with Gasteiger partial charge in [0, 0.05) is 31.3 Å². The molecule has 19 atom stereocenters. The number of nitrogens with zero attached hydrogens (tertiary/aromatic N) is 1. The number of Topliss-reactive ketones (excluding diaryl/α,β-unsaturated/α-hetero) is 1. The summed E-state index contributed by atoms with van der Waals surface area (Å²) in [4.78, 5) is 29.5. The van der Waals surface area contributed by atoms with E-state index in [0.29, 0.717) is 0 Å². The third-order valence-corrected chi connectivity index (χ3v) is 12.0. The number of hydrogen-bond acceptors (Lipinski definition) is 15. The lowest BCUT2D eigenvalue weighted by Gasteiger charge is -2.49. The molecule has 0 amide bonds. The molecule has 0 aliphatic carbocycles. The standard InChI is InChI=1S/C37H67NO14/c1-14-23-37(10,46)30(42)18(3)26(39)17(2)15-35(8,45)32(52-34-28(41)25(38(11)12)27(40)21(6)49-34)19(4)29(20(5)33(44)50-23)51-24-16-36(9,47-13)31(43)22(7)48-24/h17-25,27-32,34,40-43,45-46H,14-16H2,1-13H3. The van der Waals surface area contributed by atoms with Crippen molar-refractivity contribution >= 4 is 11.8 Å². The fraction of sp³-hybridized carbons (Fsp3) is 0.946. The van der Waals surface area contributed by atoms with Crippen molar-refractivity contribution in [2.45, 2.75) is 179 Å². The number of ketones is 1. The maximum Gasteiger partial charge on any atom is 0.311 e. The number of cyclic esters (lactones) is 1. The van der Waals surface area contributed by atoms with Crippen LogP contribution in [-0.2, 0) is 38.0 Å². The molecule has 0 spiro atoms. The molecule has 304 valence electrons. The zero-order valence-electron chi connectivity index (χ0n) is 33.3. The molecular weight excluding hydrogens is 682 g/mol. The van der Waals surface area contributed by atoms with Crippen molar-refractivity contribution in [2.75, 3.05) is 21.2 Å². The van der Waals surface area contributed by atoms with E-state index in [1.807, 2.05) is 0 Å². The molecule has 3 aliphatic rings. The van der Waals surface area contributed by atoms with Gasteiger partial charge in [-0.05, 0) is 68.5 Å². The van der Waals surface area contributed by atoms with Crippen molar-refractivity contribution in [3.05, 3.63) is 0 Å². The number of hydrogen-bond donors (Lipinski definition) is 6. The molecule has 3 rings (SSSR count). The van der Waals surface area contributed by atoms with Gasteiger partial charge in [0.05, 0.1) is 59.8 Å². The Morgan fingerprint density at radius 1 is 0.827 bits per heavy atom. The Labute approximate surface area is 308 Å². The summed E-state index contributed by atoms with van der Waals surface area (Å²) in [5.74, 6) is -5.23. The van der Waals surface area contributed by atoms with Gasteiger partial charge in [-0.1, -0.05) is 27.7 Å². The highest BCUT2D eigenvalue weighted by Crippen LogP contribution is 2.40. The highest BCUT2D eigenvalue weighted by molar-refractivity contribution is 5.83. The summed E-state index contributed by atoms with van der Waals surface area (Å²) < 4.78 is 36.8. The molecule has 0 saturated carbocycles. The SMILES string of the molecule is CCC1OC(=O)C(C)C(OC2CC(C)(OC)C(O)C(C)O2)C(C)C(OC2OC(C)C(O)C(N(C)C)C2O)C(C)(O)CC(C)C(=O)C(C)C(O)C1(C)O. The van der Waals surface area contributed by atoms with E-state index in [0.717, 1.165) is 0 Å². The second-order valence-corrected chi connectivity index (χ2v) is 16.5. The highest BCUT2D eigenvalue weighted by atomic mass is 16.7. The molecule has 15 nitrogen and oxygen atoms in total. The number of likely N-dealkylation sites (N-methyl/N-ethyl adjacent to an activating group) is 1. The Kier molecular flexibility index (Phi) is 14.9. The van der Waals surface area contributed by atoms with Gasteiger partial charge in [0.2, 0.25) is 0 Å². The van der Waals surface area contributed by atoms with Crippen LogP contribution in [0, 0.1) is 23.7 Å². The van der Waals surface area contributed by atoms with Gasteiger partial charge in [0.15, 0.2) is 12.6 Å². The van der Waals surface area contributed by atoms with Gasteiger partial charge in [-0.3, -0.25) is 9.59 Å². The third kappa shape index (κ3) is 9.19. The van der Waals surface area contributed by atoms with Crippen LogP contribution in [0.15, 0.2) is 0 Å². The summed E-state index contributed by atoms with van der Waals surface area (Å²) in [6.07, 6.45) is -12.6. The van der Waals surface area contributed by atoms with Crippen LogP contribution >= 0.6 is 0 Å². The van der Waals surface area contributed by atoms with Crippen molar-refractivity contribution < 1.29 is 68.6 Å². The van der Waals surface area contributed by atoms with E-state index in [4.69, 9.17) is 28.4 Å². The minimum Gasteiger partial charge on any atom is -0.459 e. The Balaban J connectivity index is 2.20. The van der Waals surface area contributed by atoms with Crippen molar-refractivity contribution in [1.82, 2.24) is 4.90 Å². The molecule has 0 bridgehead atoms. The topological polar surface area (TPSA) is 214 Å². The summed E-state index contributed by atoms with van der Waals surface area (Å²) in [5, 5.41) is 68.5. The second-order valence-electron chi connectivity index (χ2n) is 16.5. The smallest absolute Gasteiger partial charge is 0.311 e. The van der Waals surface area contributed by atoms with Crippen LogP contribution in [0.3, 0.4) is 0 Å². The number of carbonyl (C=O) groups is 2. The van der Waals surface area contributed by atoms with Crippen LogP contribution in [0.2, 0.25) is 0 Å². The molecule has 19 unspecified atom stereocenters. The van der Waals surface area contributed by atoms with E-state index in [1.54, 1.807) is 67.5 Å². The van der Waals surface area contributed by atoms with Crippen molar-refractivity contribution in [3.63, 3.8) is 0 Å².